The maximum absolute atomic E-state index is 9.68. The number of hydrogen-bond donors (Lipinski definition) is 3. The molecule has 0 fully saturated rings. The number of aliphatic hydroxyl groups excluding tert-OH is 1. The number of hydrogen-bond acceptors (Lipinski definition) is 5. The Kier molecular flexibility index (Phi) is 5.95. The zero-order valence-electron chi connectivity index (χ0n) is 9.14. The maximum atomic E-state index is 9.68. The van der Waals surface area contributed by atoms with Crippen molar-refractivity contribution >= 4 is 12.4 Å². The van der Waals surface area contributed by atoms with Crippen molar-refractivity contribution < 1.29 is 19.7 Å². The van der Waals surface area contributed by atoms with Gasteiger partial charge in [-0.3, -0.25) is 0 Å². The summed E-state index contributed by atoms with van der Waals surface area (Å²) in [5.41, 5.74) is 6.01. The molecule has 1 aromatic rings. The first-order valence-electron chi connectivity index (χ1n) is 4.45. The molecule has 0 unspecified atom stereocenters. The molecule has 1 aromatic carbocycles. The number of halogens is 1. The average molecular weight is 250 g/mol. The van der Waals surface area contributed by atoms with E-state index in [-0.39, 0.29) is 24.8 Å². The lowest BCUT2D eigenvalue weighted by molar-refractivity contribution is 0.261. The second-order valence-corrected chi connectivity index (χ2v) is 3.05. The number of rotatable bonds is 4. The highest BCUT2D eigenvalue weighted by Gasteiger charge is 2.17. The average Bonchev–Trinajstić information content (AvgIpc) is 2.26. The Morgan fingerprint density at radius 1 is 1.31 bits per heavy atom. The van der Waals surface area contributed by atoms with Crippen LogP contribution in [0.1, 0.15) is 11.6 Å². The molecule has 4 N–H and O–H groups in total. The quantitative estimate of drug-likeness (QED) is 0.736. The van der Waals surface area contributed by atoms with Gasteiger partial charge in [-0.05, 0) is 0 Å². The monoisotopic (exact) mass is 249 g/mol. The number of phenolic OH excluding ortho intramolecular Hbond substituents is 1. The van der Waals surface area contributed by atoms with Gasteiger partial charge >= 0.3 is 0 Å². The standard InChI is InChI=1S/C10H15NO4.ClH/c1-14-6-3-8(13)10(7(11)5-12)9(4-6)15-2;/h3-4,7,12-13H,5,11H2,1-2H3;1H/t7-;/m0./s1. The molecule has 0 saturated heterocycles. The van der Waals surface area contributed by atoms with E-state index in [1.807, 2.05) is 0 Å². The van der Waals surface area contributed by atoms with Crippen LogP contribution < -0.4 is 15.2 Å². The molecule has 0 radical (unpaired) electrons. The van der Waals surface area contributed by atoms with E-state index < -0.39 is 6.04 Å². The predicted octanol–water partition coefficient (Wildman–Crippen LogP) is 0.823. The fraction of sp³-hybridized carbons (Fsp3) is 0.400. The number of nitrogens with two attached hydrogens (primary N) is 1. The minimum absolute atomic E-state index is 0. The molecular formula is C10H16ClNO4. The second-order valence-electron chi connectivity index (χ2n) is 3.05. The number of benzene rings is 1. The van der Waals surface area contributed by atoms with E-state index in [9.17, 15) is 5.11 Å². The zero-order valence-corrected chi connectivity index (χ0v) is 9.95. The van der Waals surface area contributed by atoms with Crippen LogP contribution in [0, 0.1) is 0 Å². The summed E-state index contributed by atoms with van der Waals surface area (Å²) in [4.78, 5) is 0. The summed E-state index contributed by atoms with van der Waals surface area (Å²) >= 11 is 0. The van der Waals surface area contributed by atoms with Gasteiger partial charge in [0.2, 0.25) is 0 Å². The van der Waals surface area contributed by atoms with Gasteiger partial charge in [-0.15, -0.1) is 12.4 Å². The number of phenols is 1. The van der Waals surface area contributed by atoms with Gasteiger partial charge < -0.3 is 25.4 Å². The Morgan fingerprint density at radius 3 is 2.38 bits per heavy atom. The lowest BCUT2D eigenvalue weighted by atomic mass is 10.1. The SMILES string of the molecule is COc1cc(O)c([C@@H](N)CO)c(OC)c1.Cl. The van der Waals surface area contributed by atoms with Crippen LogP contribution in [0.3, 0.4) is 0 Å². The van der Waals surface area contributed by atoms with Crippen molar-refractivity contribution in [1.82, 2.24) is 0 Å². The highest BCUT2D eigenvalue weighted by molar-refractivity contribution is 5.85. The molecule has 0 aliphatic rings. The first-order chi connectivity index (χ1) is 7.13. The lowest BCUT2D eigenvalue weighted by Gasteiger charge is -2.16. The summed E-state index contributed by atoms with van der Waals surface area (Å²) in [5, 5.41) is 18.6. The molecule has 16 heavy (non-hydrogen) atoms. The number of methoxy groups -OCH3 is 2. The molecule has 0 aromatic heterocycles. The van der Waals surface area contributed by atoms with Crippen molar-refractivity contribution in [2.45, 2.75) is 6.04 Å². The van der Waals surface area contributed by atoms with E-state index in [1.165, 1.54) is 20.3 Å². The van der Waals surface area contributed by atoms with Crippen LogP contribution in [0.5, 0.6) is 17.2 Å². The summed E-state index contributed by atoms with van der Waals surface area (Å²) in [7, 11) is 2.95. The second kappa shape index (κ2) is 6.42. The Hall–Kier alpha value is -1.17. The maximum Gasteiger partial charge on any atom is 0.131 e. The Morgan fingerprint density at radius 2 is 1.94 bits per heavy atom. The largest absolute Gasteiger partial charge is 0.507 e. The summed E-state index contributed by atoms with van der Waals surface area (Å²) in [6.07, 6.45) is 0. The molecule has 1 atom stereocenters. The first-order valence-corrected chi connectivity index (χ1v) is 4.45. The van der Waals surface area contributed by atoms with Crippen molar-refractivity contribution in [2.75, 3.05) is 20.8 Å². The lowest BCUT2D eigenvalue weighted by Crippen LogP contribution is -2.15. The predicted molar refractivity (Wildman–Crippen MR) is 62.5 cm³/mol. The summed E-state index contributed by atoms with van der Waals surface area (Å²) in [6, 6.07) is 2.35. The number of ether oxygens (including phenoxy) is 2. The van der Waals surface area contributed by atoms with Gasteiger partial charge in [0.15, 0.2) is 0 Å². The van der Waals surface area contributed by atoms with Crippen LogP contribution in [-0.2, 0) is 0 Å². The van der Waals surface area contributed by atoms with Crippen LogP contribution in [0.4, 0.5) is 0 Å². The third-order valence-corrected chi connectivity index (χ3v) is 2.12. The molecule has 0 saturated carbocycles. The van der Waals surface area contributed by atoms with Gasteiger partial charge in [-0.25, -0.2) is 0 Å². The van der Waals surface area contributed by atoms with E-state index in [1.54, 1.807) is 6.07 Å². The van der Waals surface area contributed by atoms with Gasteiger partial charge in [0.25, 0.3) is 0 Å². The Labute approximate surface area is 100 Å². The summed E-state index contributed by atoms with van der Waals surface area (Å²) in [5.74, 6) is 0.819. The van der Waals surface area contributed by atoms with Crippen LogP contribution in [0.2, 0.25) is 0 Å². The molecule has 0 aliphatic carbocycles. The van der Waals surface area contributed by atoms with Crippen LogP contribution in [0.25, 0.3) is 0 Å². The molecular weight excluding hydrogens is 234 g/mol. The smallest absolute Gasteiger partial charge is 0.131 e. The first kappa shape index (κ1) is 14.8. The molecule has 6 heteroatoms. The highest BCUT2D eigenvalue weighted by atomic mass is 35.5. The van der Waals surface area contributed by atoms with Gasteiger partial charge in [-0.1, -0.05) is 0 Å². The van der Waals surface area contributed by atoms with Gasteiger partial charge in [0, 0.05) is 12.1 Å². The Balaban J connectivity index is 0.00000225. The van der Waals surface area contributed by atoms with Gasteiger partial charge in [0.05, 0.1) is 32.4 Å². The minimum Gasteiger partial charge on any atom is -0.507 e. The van der Waals surface area contributed by atoms with Crippen LogP contribution >= 0.6 is 12.4 Å². The fourth-order valence-electron chi connectivity index (χ4n) is 1.34. The molecule has 0 spiro atoms. The molecule has 0 heterocycles. The molecule has 5 nitrogen and oxygen atoms in total. The van der Waals surface area contributed by atoms with Crippen LogP contribution in [0.15, 0.2) is 12.1 Å². The van der Waals surface area contributed by atoms with Crippen molar-refractivity contribution in [2.24, 2.45) is 5.73 Å². The van der Waals surface area contributed by atoms with Crippen molar-refractivity contribution in [3.05, 3.63) is 17.7 Å². The number of aromatic hydroxyl groups is 1. The van der Waals surface area contributed by atoms with E-state index in [4.69, 9.17) is 20.3 Å². The van der Waals surface area contributed by atoms with Crippen molar-refractivity contribution in [1.29, 1.82) is 0 Å². The van der Waals surface area contributed by atoms with Crippen molar-refractivity contribution in [3.8, 4) is 17.2 Å². The van der Waals surface area contributed by atoms with E-state index in [0.717, 1.165) is 0 Å². The van der Waals surface area contributed by atoms with E-state index in [0.29, 0.717) is 17.1 Å². The van der Waals surface area contributed by atoms with Gasteiger partial charge in [0.1, 0.15) is 17.2 Å². The normalized spacial score (nSPS) is 11.5. The molecule has 92 valence electrons. The molecule has 0 aliphatic heterocycles. The summed E-state index contributed by atoms with van der Waals surface area (Å²) < 4.78 is 10.0. The summed E-state index contributed by atoms with van der Waals surface area (Å²) in [6.45, 7) is -0.268. The minimum atomic E-state index is -0.675. The third kappa shape index (κ3) is 2.91. The van der Waals surface area contributed by atoms with E-state index in [2.05, 4.69) is 0 Å². The van der Waals surface area contributed by atoms with E-state index >= 15 is 0 Å². The van der Waals surface area contributed by atoms with Crippen LogP contribution in [-0.4, -0.2) is 31.0 Å². The molecule has 1 rings (SSSR count). The zero-order chi connectivity index (χ0) is 11.4. The van der Waals surface area contributed by atoms with Gasteiger partial charge in [-0.2, -0.15) is 0 Å². The third-order valence-electron chi connectivity index (χ3n) is 2.12. The number of aliphatic hydroxyl groups is 1. The topological polar surface area (TPSA) is 84.9 Å². The fourth-order valence-corrected chi connectivity index (χ4v) is 1.34. The molecule has 0 bridgehead atoms. The Bertz CT molecular complexity index is 346. The van der Waals surface area contributed by atoms with Crippen molar-refractivity contribution in [3.63, 3.8) is 0 Å². The molecule has 0 amide bonds. The highest BCUT2D eigenvalue weighted by Crippen LogP contribution is 2.36.